The van der Waals surface area contributed by atoms with Gasteiger partial charge < -0.3 is 14.5 Å². The molecule has 2 aromatic heterocycles. The van der Waals surface area contributed by atoms with Crippen LogP contribution in [0.4, 0.5) is 0 Å². The van der Waals surface area contributed by atoms with Gasteiger partial charge in [-0.25, -0.2) is 4.98 Å². The van der Waals surface area contributed by atoms with E-state index in [1.165, 1.54) is 0 Å². The summed E-state index contributed by atoms with van der Waals surface area (Å²) in [7, 11) is 0. The first-order valence-corrected chi connectivity index (χ1v) is 6.50. The van der Waals surface area contributed by atoms with Gasteiger partial charge >= 0.3 is 0 Å². The topological polar surface area (TPSA) is 55.6 Å². The lowest BCUT2D eigenvalue weighted by atomic mass is 10.0. The Morgan fingerprint density at radius 2 is 2.37 bits per heavy atom. The summed E-state index contributed by atoms with van der Waals surface area (Å²) in [6.45, 7) is 5.42. The summed E-state index contributed by atoms with van der Waals surface area (Å²) in [4.78, 5) is 16.6. The van der Waals surface area contributed by atoms with Gasteiger partial charge in [-0.2, -0.15) is 0 Å². The minimum absolute atomic E-state index is 0. The summed E-state index contributed by atoms with van der Waals surface area (Å²) < 4.78 is 6.97. The zero-order valence-corrected chi connectivity index (χ0v) is 11.1. The van der Waals surface area contributed by atoms with Crippen LogP contribution < -0.4 is 5.32 Å². The molecule has 102 valence electrons. The van der Waals surface area contributed by atoms with Crippen LogP contribution in [0.15, 0.2) is 24.7 Å². The van der Waals surface area contributed by atoms with Crippen molar-refractivity contribution in [3.63, 3.8) is 0 Å². The summed E-state index contributed by atoms with van der Waals surface area (Å²) >= 11 is 0. The SMILES string of the molecule is CC(C)c1cc(C(=O)NC2COC2)c2nccn2c1.[HH]. The van der Waals surface area contributed by atoms with Crippen molar-refractivity contribution in [2.45, 2.75) is 25.8 Å². The fourth-order valence-corrected chi connectivity index (χ4v) is 2.12. The van der Waals surface area contributed by atoms with E-state index in [0.29, 0.717) is 30.3 Å². The highest BCUT2D eigenvalue weighted by atomic mass is 16.5. The first-order chi connectivity index (χ1) is 9.15. The Morgan fingerprint density at radius 1 is 1.58 bits per heavy atom. The zero-order valence-electron chi connectivity index (χ0n) is 11.1. The molecule has 1 aliphatic heterocycles. The molecule has 0 aliphatic carbocycles. The molecule has 3 rings (SSSR count). The molecule has 0 saturated carbocycles. The lowest BCUT2D eigenvalue weighted by molar-refractivity contribution is -0.00344. The number of imidazole rings is 1. The lowest BCUT2D eigenvalue weighted by Gasteiger charge is -2.27. The predicted molar refractivity (Wildman–Crippen MR) is 73.5 cm³/mol. The van der Waals surface area contributed by atoms with Crippen LogP contribution in [0, 0.1) is 0 Å². The maximum absolute atomic E-state index is 12.3. The number of carbonyl (C=O) groups excluding carboxylic acids is 1. The normalized spacial score (nSPS) is 15.7. The number of ether oxygens (including phenoxy) is 1. The highest BCUT2D eigenvalue weighted by molar-refractivity contribution is 6.00. The second kappa shape index (κ2) is 4.66. The van der Waals surface area contributed by atoms with Gasteiger partial charge in [-0.15, -0.1) is 0 Å². The Hall–Kier alpha value is -1.88. The van der Waals surface area contributed by atoms with Crippen molar-refractivity contribution >= 4 is 11.6 Å². The largest absolute Gasteiger partial charge is 0.377 e. The van der Waals surface area contributed by atoms with Gasteiger partial charge in [0, 0.05) is 20.0 Å². The van der Waals surface area contributed by atoms with Gasteiger partial charge in [0.15, 0.2) is 0 Å². The number of hydrogen-bond acceptors (Lipinski definition) is 3. The molecule has 1 amide bonds. The van der Waals surface area contributed by atoms with Gasteiger partial charge in [0.05, 0.1) is 24.8 Å². The van der Waals surface area contributed by atoms with Gasteiger partial charge in [-0.3, -0.25) is 4.79 Å². The molecule has 5 heteroatoms. The van der Waals surface area contributed by atoms with E-state index >= 15 is 0 Å². The van der Waals surface area contributed by atoms with Crippen LogP contribution in [-0.4, -0.2) is 34.5 Å². The highest BCUT2D eigenvalue weighted by Gasteiger charge is 2.23. The van der Waals surface area contributed by atoms with Crippen molar-refractivity contribution in [1.29, 1.82) is 0 Å². The molecule has 1 fully saturated rings. The second-order valence-corrected chi connectivity index (χ2v) is 5.21. The highest BCUT2D eigenvalue weighted by Crippen LogP contribution is 2.19. The Labute approximate surface area is 113 Å². The van der Waals surface area contributed by atoms with Crippen LogP contribution in [0.25, 0.3) is 5.65 Å². The van der Waals surface area contributed by atoms with E-state index in [2.05, 4.69) is 24.1 Å². The molecular formula is C14H19N3O2. The molecule has 5 nitrogen and oxygen atoms in total. The van der Waals surface area contributed by atoms with E-state index < -0.39 is 0 Å². The molecule has 0 spiro atoms. The monoisotopic (exact) mass is 261 g/mol. The molecule has 0 aromatic carbocycles. The number of fused-ring (bicyclic) bond motifs is 1. The van der Waals surface area contributed by atoms with E-state index in [4.69, 9.17) is 4.74 Å². The van der Waals surface area contributed by atoms with E-state index in [9.17, 15) is 4.79 Å². The fraction of sp³-hybridized carbons (Fsp3) is 0.429. The summed E-state index contributed by atoms with van der Waals surface area (Å²) in [5, 5.41) is 2.96. The Balaban J connectivity index is 0.00000147. The number of nitrogens with one attached hydrogen (secondary N) is 1. The standard InChI is InChI=1S/C14H17N3O2.H2/c1-9(2)10-5-12(13-15-3-4-17(13)6-10)14(18)16-11-7-19-8-11;/h3-6,9,11H,7-8H2,1-2H3,(H,16,18);1H. The Bertz CT molecular complexity index is 620. The molecule has 1 saturated heterocycles. The first kappa shape index (κ1) is 12.2. The first-order valence-electron chi connectivity index (χ1n) is 6.50. The van der Waals surface area contributed by atoms with Crippen LogP contribution in [-0.2, 0) is 4.74 Å². The molecule has 0 radical (unpaired) electrons. The molecule has 0 bridgehead atoms. The predicted octanol–water partition coefficient (Wildman–Crippen LogP) is 1.83. The van der Waals surface area contributed by atoms with Crippen molar-refractivity contribution in [2.75, 3.05) is 13.2 Å². The fourth-order valence-electron chi connectivity index (χ4n) is 2.12. The van der Waals surface area contributed by atoms with Gasteiger partial charge in [-0.1, -0.05) is 13.8 Å². The minimum atomic E-state index is -0.0769. The summed E-state index contributed by atoms with van der Waals surface area (Å²) in [6.07, 6.45) is 5.60. The number of amides is 1. The quantitative estimate of drug-likeness (QED) is 0.917. The van der Waals surface area contributed by atoms with Crippen molar-refractivity contribution in [1.82, 2.24) is 14.7 Å². The van der Waals surface area contributed by atoms with Crippen LogP contribution >= 0.6 is 0 Å². The molecule has 3 heterocycles. The van der Waals surface area contributed by atoms with E-state index in [1.807, 2.05) is 22.9 Å². The molecule has 1 aliphatic rings. The minimum Gasteiger partial charge on any atom is -0.377 e. The third-order valence-electron chi connectivity index (χ3n) is 3.39. The van der Waals surface area contributed by atoms with Crippen LogP contribution in [0.2, 0.25) is 0 Å². The molecule has 1 N–H and O–H groups in total. The number of rotatable bonds is 3. The summed E-state index contributed by atoms with van der Waals surface area (Å²) in [6, 6.07) is 2.06. The molecule has 19 heavy (non-hydrogen) atoms. The van der Waals surface area contributed by atoms with E-state index in [-0.39, 0.29) is 13.4 Å². The average Bonchev–Trinajstić information content (AvgIpc) is 2.80. The summed E-state index contributed by atoms with van der Waals surface area (Å²) in [5.41, 5.74) is 2.45. The maximum Gasteiger partial charge on any atom is 0.255 e. The van der Waals surface area contributed by atoms with Crippen LogP contribution in [0.3, 0.4) is 0 Å². The van der Waals surface area contributed by atoms with Crippen molar-refractivity contribution in [3.05, 3.63) is 35.8 Å². The zero-order chi connectivity index (χ0) is 13.4. The van der Waals surface area contributed by atoms with Crippen LogP contribution in [0.5, 0.6) is 0 Å². The van der Waals surface area contributed by atoms with Crippen LogP contribution in [0.1, 0.15) is 37.1 Å². The third-order valence-corrected chi connectivity index (χ3v) is 3.39. The Kier molecular flexibility index (Phi) is 2.98. The van der Waals surface area contributed by atoms with Gasteiger partial charge in [-0.05, 0) is 17.5 Å². The van der Waals surface area contributed by atoms with Gasteiger partial charge in [0.2, 0.25) is 0 Å². The van der Waals surface area contributed by atoms with E-state index in [1.54, 1.807) is 6.20 Å². The summed E-state index contributed by atoms with van der Waals surface area (Å²) in [5.74, 6) is 0.289. The molecule has 2 aromatic rings. The van der Waals surface area contributed by atoms with Crippen molar-refractivity contribution < 1.29 is 11.0 Å². The van der Waals surface area contributed by atoms with Gasteiger partial charge in [0.1, 0.15) is 5.65 Å². The third kappa shape index (κ3) is 2.21. The van der Waals surface area contributed by atoms with Gasteiger partial charge in [0.25, 0.3) is 5.91 Å². The molecule has 0 unspecified atom stereocenters. The average molecular weight is 261 g/mol. The maximum atomic E-state index is 12.3. The number of aromatic nitrogens is 2. The number of carbonyl (C=O) groups is 1. The number of hydrogen-bond donors (Lipinski definition) is 1. The number of pyridine rings is 1. The van der Waals surface area contributed by atoms with Crippen molar-refractivity contribution in [3.8, 4) is 0 Å². The smallest absolute Gasteiger partial charge is 0.255 e. The van der Waals surface area contributed by atoms with Crippen molar-refractivity contribution in [2.24, 2.45) is 0 Å². The molecule has 0 atom stereocenters. The van der Waals surface area contributed by atoms with E-state index in [0.717, 1.165) is 5.56 Å². The lowest BCUT2D eigenvalue weighted by Crippen LogP contribution is -2.48. The second-order valence-electron chi connectivity index (χ2n) is 5.21. The number of nitrogens with zero attached hydrogens (tertiary/aromatic N) is 2. The Morgan fingerprint density at radius 3 is 3.00 bits per heavy atom. The molecular weight excluding hydrogens is 242 g/mol.